The first kappa shape index (κ1) is 37.0. The van der Waals surface area contributed by atoms with Gasteiger partial charge in [0.25, 0.3) is 5.91 Å². The van der Waals surface area contributed by atoms with Crippen molar-refractivity contribution in [3.63, 3.8) is 0 Å². The van der Waals surface area contributed by atoms with Crippen molar-refractivity contribution in [1.29, 1.82) is 0 Å². The van der Waals surface area contributed by atoms with Gasteiger partial charge in [-0.3, -0.25) is 18.9 Å². The van der Waals surface area contributed by atoms with Crippen LogP contribution in [-0.2, 0) is 29.8 Å². The maximum Gasteiger partial charge on any atom is 0.399 e. The van der Waals surface area contributed by atoms with Crippen LogP contribution in [0.2, 0.25) is 0 Å². The Labute approximate surface area is 287 Å². The van der Waals surface area contributed by atoms with Crippen molar-refractivity contribution >= 4 is 56.8 Å². The van der Waals surface area contributed by atoms with Gasteiger partial charge < -0.3 is 24.9 Å². The van der Waals surface area contributed by atoms with E-state index in [-0.39, 0.29) is 42.3 Å². The minimum atomic E-state index is -5.79. The summed E-state index contributed by atoms with van der Waals surface area (Å²) in [6.07, 6.45) is 2.09. The maximum atomic E-state index is 14.3. The molecule has 2 aliphatic rings. The van der Waals surface area contributed by atoms with Crippen molar-refractivity contribution in [3.8, 4) is 0 Å². The van der Waals surface area contributed by atoms with Crippen molar-refractivity contribution in [3.05, 3.63) is 70.6 Å². The number of thiophene rings is 1. The number of fused-ring (bicyclic) bond motifs is 1. The fourth-order valence-electron chi connectivity index (χ4n) is 6.34. The molecule has 0 aliphatic carbocycles. The molecule has 49 heavy (non-hydrogen) atoms. The van der Waals surface area contributed by atoms with Gasteiger partial charge in [0.05, 0.1) is 17.2 Å². The second-order valence-electron chi connectivity index (χ2n) is 13.5. The summed E-state index contributed by atoms with van der Waals surface area (Å²) in [7, 11) is -9.37. The second kappa shape index (κ2) is 13.5. The number of piperazine rings is 1. The first-order chi connectivity index (χ1) is 22.7. The molecule has 2 aliphatic heterocycles. The lowest BCUT2D eigenvalue weighted by Crippen LogP contribution is -2.59. The standard InChI is InChI=1S/C32H39F2N4O8PS2/c1-31(2,3)27(35-28(39)26-18-21-17-22(12-13-25(21)48-26)32(33,34)47(42,43)44)30(41)37-14-8-11-23(37)29(40)36-15-16-38(49(4,45)46)24(19-36)20-9-6-5-7-10-20/h5-7,9-10,12-13,17-18,23-24,27H,8,11,14-16,19H2,1-4H3,(H,35,39)(H2,42,43,44)/t23-,24-,27+/m0/s1. The van der Waals surface area contributed by atoms with Gasteiger partial charge in [0.2, 0.25) is 21.8 Å². The van der Waals surface area contributed by atoms with Gasteiger partial charge in [-0.15, -0.1) is 11.3 Å². The number of amides is 3. The first-order valence-corrected chi connectivity index (χ1v) is 19.9. The van der Waals surface area contributed by atoms with Gasteiger partial charge in [-0.05, 0) is 47.4 Å². The number of halogens is 2. The van der Waals surface area contributed by atoms with Crippen molar-refractivity contribution in [1.82, 2.24) is 19.4 Å². The molecule has 0 saturated carbocycles. The number of nitrogens with one attached hydrogen (secondary N) is 1. The number of rotatable bonds is 8. The molecule has 2 aromatic carbocycles. The van der Waals surface area contributed by atoms with Gasteiger partial charge in [0.15, 0.2) is 0 Å². The summed E-state index contributed by atoms with van der Waals surface area (Å²) in [6, 6.07) is 11.0. The van der Waals surface area contributed by atoms with E-state index in [1.54, 1.807) is 37.8 Å². The highest BCUT2D eigenvalue weighted by atomic mass is 32.2. The molecule has 3 heterocycles. The molecule has 0 bridgehead atoms. The highest BCUT2D eigenvalue weighted by molar-refractivity contribution is 7.88. The molecule has 17 heteroatoms. The lowest BCUT2D eigenvalue weighted by atomic mass is 9.85. The summed E-state index contributed by atoms with van der Waals surface area (Å²) in [5.41, 5.74) is -5.37. The maximum absolute atomic E-state index is 14.3. The van der Waals surface area contributed by atoms with Crippen LogP contribution >= 0.6 is 18.9 Å². The Bertz CT molecular complexity index is 1910. The minimum Gasteiger partial charge on any atom is -0.339 e. The molecular formula is C32H39F2N4O8PS2. The van der Waals surface area contributed by atoms with Crippen LogP contribution in [0.3, 0.4) is 0 Å². The Morgan fingerprint density at radius 1 is 1.02 bits per heavy atom. The first-order valence-electron chi connectivity index (χ1n) is 15.6. The molecule has 0 unspecified atom stereocenters. The number of benzene rings is 2. The Hall–Kier alpha value is -3.27. The minimum absolute atomic E-state index is 0.0958. The average Bonchev–Trinajstić information content (AvgIpc) is 3.69. The zero-order valence-corrected chi connectivity index (χ0v) is 29.9. The van der Waals surface area contributed by atoms with Gasteiger partial charge in [0.1, 0.15) is 12.1 Å². The highest BCUT2D eigenvalue weighted by Crippen LogP contribution is 2.59. The van der Waals surface area contributed by atoms with Crippen molar-refractivity contribution < 1.29 is 45.9 Å². The number of hydrogen-bond acceptors (Lipinski definition) is 7. The molecule has 0 spiro atoms. The Morgan fingerprint density at radius 2 is 1.69 bits per heavy atom. The number of sulfonamides is 1. The van der Waals surface area contributed by atoms with Gasteiger partial charge in [-0.1, -0.05) is 57.2 Å². The summed E-state index contributed by atoms with van der Waals surface area (Å²) < 4.78 is 67.1. The van der Waals surface area contributed by atoms with E-state index in [9.17, 15) is 36.1 Å². The van der Waals surface area contributed by atoms with Crippen LogP contribution in [0.25, 0.3) is 10.1 Å². The molecule has 12 nitrogen and oxygen atoms in total. The van der Waals surface area contributed by atoms with E-state index < -0.39 is 64.2 Å². The van der Waals surface area contributed by atoms with E-state index in [2.05, 4.69) is 5.32 Å². The second-order valence-corrected chi connectivity index (χ2v) is 18.2. The number of likely N-dealkylation sites (tertiary alicyclic amines) is 1. The fourth-order valence-corrected chi connectivity index (χ4v) is 8.82. The molecule has 3 aromatic rings. The predicted octanol–water partition coefficient (Wildman–Crippen LogP) is 4.11. The van der Waals surface area contributed by atoms with E-state index in [0.717, 1.165) is 35.3 Å². The van der Waals surface area contributed by atoms with E-state index in [4.69, 9.17) is 9.79 Å². The van der Waals surface area contributed by atoms with Gasteiger partial charge in [-0.25, -0.2) is 8.42 Å². The Morgan fingerprint density at radius 3 is 2.31 bits per heavy atom. The van der Waals surface area contributed by atoms with Gasteiger partial charge in [0, 0.05) is 36.4 Å². The van der Waals surface area contributed by atoms with Crippen LogP contribution in [-0.4, -0.2) is 94.5 Å². The largest absolute Gasteiger partial charge is 0.399 e. The Balaban J connectivity index is 1.35. The quantitative estimate of drug-likeness (QED) is 0.291. The molecule has 266 valence electrons. The Kier molecular flexibility index (Phi) is 10.2. The van der Waals surface area contributed by atoms with Crippen LogP contribution < -0.4 is 5.32 Å². The smallest absolute Gasteiger partial charge is 0.339 e. The third-order valence-corrected chi connectivity index (χ3v) is 12.3. The molecule has 3 amide bonds. The highest BCUT2D eigenvalue weighted by Gasteiger charge is 2.50. The molecule has 5 rings (SSSR count). The van der Waals surface area contributed by atoms with E-state index in [1.165, 1.54) is 21.3 Å². The monoisotopic (exact) mass is 740 g/mol. The van der Waals surface area contributed by atoms with Crippen molar-refractivity contribution in [2.24, 2.45) is 5.41 Å². The van der Waals surface area contributed by atoms with E-state index in [0.29, 0.717) is 17.5 Å². The summed E-state index contributed by atoms with van der Waals surface area (Å²) in [5.74, 6) is -1.41. The van der Waals surface area contributed by atoms with Crippen LogP contribution in [0.4, 0.5) is 8.78 Å². The zero-order chi connectivity index (χ0) is 36.1. The van der Waals surface area contributed by atoms with Crippen molar-refractivity contribution in [2.75, 3.05) is 32.4 Å². The van der Waals surface area contributed by atoms with Gasteiger partial charge in [-0.2, -0.15) is 13.1 Å². The summed E-state index contributed by atoms with van der Waals surface area (Å²) in [4.78, 5) is 63.1. The summed E-state index contributed by atoms with van der Waals surface area (Å²) in [6.45, 7) is 5.93. The fraction of sp³-hybridized carbons (Fsp3) is 0.469. The summed E-state index contributed by atoms with van der Waals surface area (Å²) in [5, 5.41) is 2.95. The number of carbonyl (C=O) groups excluding carboxylic acids is 3. The summed E-state index contributed by atoms with van der Waals surface area (Å²) >= 11 is 0.970. The van der Waals surface area contributed by atoms with E-state index >= 15 is 0 Å². The molecular weight excluding hydrogens is 701 g/mol. The normalized spacial score (nSPS) is 20.4. The van der Waals surface area contributed by atoms with Gasteiger partial charge >= 0.3 is 13.3 Å². The van der Waals surface area contributed by atoms with Crippen molar-refractivity contribution in [2.45, 2.75) is 57.4 Å². The number of carbonyl (C=O) groups is 3. The van der Waals surface area contributed by atoms with Crippen LogP contribution in [0.5, 0.6) is 0 Å². The zero-order valence-electron chi connectivity index (χ0n) is 27.4. The topological polar surface area (TPSA) is 165 Å². The lowest BCUT2D eigenvalue weighted by molar-refractivity contribution is -0.147. The van der Waals surface area contributed by atoms with Crippen LogP contribution in [0.15, 0.2) is 54.6 Å². The number of alkyl halides is 2. The third kappa shape index (κ3) is 7.59. The van der Waals surface area contributed by atoms with Crippen LogP contribution in [0, 0.1) is 5.41 Å². The molecule has 3 N–H and O–H groups in total. The van der Waals surface area contributed by atoms with Crippen LogP contribution in [0.1, 0.15) is 60.5 Å². The molecule has 1 aromatic heterocycles. The molecule has 2 saturated heterocycles. The molecule has 2 fully saturated rings. The average molecular weight is 741 g/mol. The number of nitrogens with zero attached hydrogens (tertiary/aromatic N) is 3. The molecule has 0 radical (unpaired) electrons. The third-order valence-electron chi connectivity index (χ3n) is 8.92. The lowest BCUT2D eigenvalue weighted by Gasteiger charge is -2.42. The SMILES string of the molecule is CC(C)(C)[C@H](NC(=O)c1cc2cc(C(F)(F)P(=O)(O)O)ccc2s1)C(=O)N1CCC[C@H]1C(=O)N1CCN(S(C)(=O)=O)[C@H](c2ccccc2)C1. The van der Waals surface area contributed by atoms with E-state index in [1.807, 2.05) is 18.2 Å². The molecule has 3 atom stereocenters. The number of hydrogen-bond donors (Lipinski definition) is 3. The predicted molar refractivity (Wildman–Crippen MR) is 181 cm³/mol.